The molecule has 1 aliphatic rings. The Morgan fingerprint density at radius 2 is 2.42 bits per heavy atom. The van der Waals surface area contributed by atoms with Gasteiger partial charge in [-0.2, -0.15) is 0 Å². The zero-order chi connectivity index (χ0) is 13.8. The molecule has 0 unspecified atom stereocenters. The first-order valence-corrected chi connectivity index (χ1v) is 6.81. The highest BCUT2D eigenvalue weighted by atomic mass is 127. The Hall–Kier alpha value is -1.15. The lowest BCUT2D eigenvalue weighted by Gasteiger charge is -2.13. The number of halogens is 2. The van der Waals surface area contributed by atoms with E-state index >= 15 is 0 Å². The van der Waals surface area contributed by atoms with Crippen molar-refractivity contribution in [2.75, 3.05) is 24.7 Å². The van der Waals surface area contributed by atoms with Crippen LogP contribution < -0.4 is 4.90 Å². The average Bonchev–Trinajstić information content (AvgIpc) is 2.74. The summed E-state index contributed by atoms with van der Waals surface area (Å²) < 4.78 is 24.4. The van der Waals surface area contributed by atoms with Crippen molar-refractivity contribution < 1.29 is 18.7 Å². The van der Waals surface area contributed by atoms with Crippen molar-refractivity contribution in [3.63, 3.8) is 0 Å². The first-order valence-electron chi connectivity index (χ1n) is 5.73. The molecular formula is C13H13FINO3. The number of nitrogens with zero attached hydrogens (tertiary/aromatic N) is 1. The second kappa shape index (κ2) is 6.33. The molecule has 0 spiro atoms. The van der Waals surface area contributed by atoms with Crippen LogP contribution in [-0.2, 0) is 9.47 Å². The number of anilines is 1. The number of rotatable bonds is 5. The molecule has 0 N–H and O–H groups in total. The number of carbonyl (C=O) groups is 1. The molecule has 1 saturated heterocycles. The third-order valence-corrected chi connectivity index (χ3v) is 3.50. The maximum atomic E-state index is 13.5. The van der Waals surface area contributed by atoms with E-state index in [4.69, 9.17) is 9.47 Å². The summed E-state index contributed by atoms with van der Waals surface area (Å²) in [5, 5.41) is 0. The second-order valence-electron chi connectivity index (χ2n) is 4.04. The van der Waals surface area contributed by atoms with E-state index in [0.717, 1.165) is 0 Å². The van der Waals surface area contributed by atoms with Crippen LogP contribution in [-0.4, -0.2) is 32.0 Å². The van der Waals surface area contributed by atoms with Crippen LogP contribution in [0, 0.1) is 9.39 Å². The van der Waals surface area contributed by atoms with Crippen molar-refractivity contribution >= 4 is 34.4 Å². The van der Waals surface area contributed by atoms with E-state index in [1.807, 2.05) is 22.6 Å². The number of hydrogen-bond acceptors (Lipinski definition) is 3. The number of cyclic esters (lactones) is 1. The molecule has 1 aromatic rings. The number of carbonyl (C=O) groups excluding carboxylic acids is 1. The maximum absolute atomic E-state index is 13.5. The van der Waals surface area contributed by atoms with Gasteiger partial charge in [0.25, 0.3) is 0 Å². The molecule has 0 radical (unpaired) electrons. The molecule has 0 aliphatic carbocycles. The van der Waals surface area contributed by atoms with Crippen LogP contribution in [0.4, 0.5) is 14.9 Å². The smallest absolute Gasteiger partial charge is 0.414 e. The van der Waals surface area contributed by atoms with Gasteiger partial charge in [-0.25, -0.2) is 9.18 Å². The number of amides is 1. The molecule has 1 fully saturated rings. The number of benzene rings is 1. The molecule has 0 bridgehead atoms. The summed E-state index contributed by atoms with van der Waals surface area (Å²) in [6, 6.07) is 4.65. The van der Waals surface area contributed by atoms with Gasteiger partial charge in [0.05, 0.1) is 25.4 Å². The van der Waals surface area contributed by atoms with E-state index in [2.05, 4.69) is 6.58 Å². The van der Waals surface area contributed by atoms with Gasteiger partial charge in [-0.15, -0.1) is 6.58 Å². The number of hydrogen-bond donors (Lipinski definition) is 0. The van der Waals surface area contributed by atoms with E-state index < -0.39 is 6.09 Å². The fourth-order valence-corrected chi connectivity index (χ4v) is 2.09. The van der Waals surface area contributed by atoms with Crippen LogP contribution in [0.5, 0.6) is 0 Å². The molecule has 19 heavy (non-hydrogen) atoms. The Balaban J connectivity index is 2.02. The van der Waals surface area contributed by atoms with Crippen LogP contribution in [0.2, 0.25) is 0 Å². The number of ether oxygens (including phenoxy) is 2. The quantitative estimate of drug-likeness (QED) is 0.450. The third kappa shape index (κ3) is 3.44. The van der Waals surface area contributed by atoms with Gasteiger partial charge in [-0.1, -0.05) is 6.08 Å². The monoisotopic (exact) mass is 377 g/mol. The van der Waals surface area contributed by atoms with E-state index in [1.54, 1.807) is 18.2 Å². The van der Waals surface area contributed by atoms with Gasteiger partial charge < -0.3 is 9.47 Å². The van der Waals surface area contributed by atoms with Crippen molar-refractivity contribution in [1.29, 1.82) is 0 Å². The van der Waals surface area contributed by atoms with Gasteiger partial charge in [0.15, 0.2) is 0 Å². The Bertz CT molecular complexity index is 495. The molecule has 4 nitrogen and oxygen atoms in total. The summed E-state index contributed by atoms with van der Waals surface area (Å²) in [6.07, 6.45) is 0.811. The predicted octanol–water partition coefficient (Wildman–Crippen LogP) is 2.96. The Morgan fingerprint density at radius 1 is 1.63 bits per heavy atom. The second-order valence-corrected chi connectivity index (χ2v) is 5.20. The first-order chi connectivity index (χ1) is 9.11. The largest absolute Gasteiger partial charge is 0.441 e. The zero-order valence-corrected chi connectivity index (χ0v) is 12.3. The first kappa shape index (κ1) is 14.3. The summed E-state index contributed by atoms with van der Waals surface area (Å²) in [4.78, 5) is 13.1. The van der Waals surface area contributed by atoms with Gasteiger partial charge >= 0.3 is 6.09 Å². The van der Waals surface area contributed by atoms with Crippen LogP contribution in [0.15, 0.2) is 30.9 Å². The molecule has 102 valence electrons. The lowest BCUT2D eigenvalue weighted by Crippen LogP contribution is -2.26. The van der Waals surface area contributed by atoms with Crippen molar-refractivity contribution in [1.82, 2.24) is 0 Å². The Labute approximate surface area is 124 Å². The topological polar surface area (TPSA) is 38.8 Å². The molecule has 1 aliphatic heterocycles. The van der Waals surface area contributed by atoms with Crippen LogP contribution in [0.25, 0.3) is 0 Å². The van der Waals surface area contributed by atoms with Crippen molar-refractivity contribution in [2.45, 2.75) is 6.10 Å². The van der Waals surface area contributed by atoms with Crippen molar-refractivity contribution in [3.8, 4) is 0 Å². The Morgan fingerprint density at radius 3 is 3.11 bits per heavy atom. The third-order valence-electron chi connectivity index (χ3n) is 2.63. The van der Waals surface area contributed by atoms with Gasteiger partial charge in [-0.3, -0.25) is 4.90 Å². The van der Waals surface area contributed by atoms with E-state index in [0.29, 0.717) is 29.0 Å². The zero-order valence-electron chi connectivity index (χ0n) is 10.1. The summed E-state index contributed by atoms with van der Waals surface area (Å²) in [7, 11) is 0. The minimum Gasteiger partial charge on any atom is -0.441 e. The fraction of sp³-hybridized carbons (Fsp3) is 0.308. The minimum atomic E-state index is -0.479. The molecule has 1 amide bonds. The maximum Gasteiger partial charge on any atom is 0.414 e. The summed E-state index contributed by atoms with van der Waals surface area (Å²) in [5.74, 6) is -0.350. The molecule has 0 aromatic heterocycles. The molecular weight excluding hydrogens is 364 g/mol. The minimum absolute atomic E-state index is 0.307. The van der Waals surface area contributed by atoms with Crippen molar-refractivity contribution in [3.05, 3.63) is 40.2 Å². The van der Waals surface area contributed by atoms with Gasteiger partial charge in [0.1, 0.15) is 11.9 Å². The van der Waals surface area contributed by atoms with Crippen LogP contribution in [0.3, 0.4) is 0 Å². The van der Waals surface area contributed by atoms with Crippen LogP contribution >= 0.6 is 22.6 Å². The highest BCUT2D eigenvalue weighted by Gasteiger charge is 2.32. The Kier molecular flexibility index (Phi) is 4.76. The van der Waals surface area contributed by atoms with Gasteiger partial charge in [0.2, 0.25) is 0 Å². The molecule has 1 atom stereocenters. The SMILES string of the molecule is C=CCOC[C@H]1CN(c2ccc(I)c(F)c2)C(=O)O1. The fourth-order valence-electron chi connectivity index (χ4n) is 1.75. The highest BCUT2D eigenvalue weighted by molar-refractivity contribution is 14.1. The average molecular weight is 377 g/mol. The van der Waals surface area contributed by atoms with Crippen molar-refractivity contribution in [2.24, 2.45) is 0 Å². The van der Waals surface area contributed by atoms with Gasteiger partial charge in [0, 0.05) is 3.57 Å². The van der Waals surface area contributed by atoms with Crippen LogP contribution in [0.1, 0.15) is 0 Å². The summed E-state index contributed by atoms with van der Waals surface area (Å²) in [5.41, 5.74) is 0.495. The van der Waals surface area contributed by atoms with E-state index in [9.17, 15) is 9.18 Å². The molecule has 1 heterocycles. The lowest BCUT2D eigenvalue weighted by atomic mass is 10.2. The molecule has 1 aromatic carbocycles. The lowest BCUT2D eigenvalue weighted by molar-refractivity contribution is 0.0580. The predicted molar refractivity (Wildman–Crippen MR) is 77.7 cm³/mol. The standard InChI is InChI=1S/C13H13FINO3/c1-2-5-18-8-10-7-16(13(17)19-10)9-3-4-12(15)11(14)6-9/h2-4,6,10H,1,5,7-8H2/t10-/m1/s1. The van der Waals surface area contributed by atoms with Gasteiger partial charge in [-0.05, 0) is 40.8 Å². The van der Waals surface area contributed by atoms with E-state index in [1.165, 1.54) is 11.0 Å². The normalized spacial score (nSPS) is 18.5. The summed E-state index contributed by atoms with van der Waals surface area (Å²) >= 11 is 1.90. The molecule has 2 rings (SSSR count). The molecule has 0 saturated carbocycles. The highest BCUT2D eigenvalue weighted by Crippen LogP contribution is 2.24. The van der Waals surface area contributed by atoms with E-state index in [-0.39, 0.29) is 11.9 Å². The summed E-state index contributed by atoms with van der Waals surface area (Å²) in [6.45, 7) is 4.61. The molecule has 6 heteroatoms.